The van der Waals surface area contributed by atoms with Crippen molar-refractivity contribution in [1.29, 1.82) is 0 Å². The molecule has 0 unspecified atom stereocenters. The second-order valence-electron chi connectivity index (χ2n) is 8.60. The number of alkyl halides is 3. The van der Waals surface area contributed by atoms with Crippen molar-refractivity contribution in [2.24, 2.45) is 0 Å². The third kappa shape index (κ3) is 8.17. The van der Waals surface area contributed by atoms with Crippen LogP contribution in [0.2, 0.25) is 0 Å². The van der Waals surface area contributed by atoms with E-state index in [0.29, 0.717) is 22.4 Å². The molecule has 0 aliphatic carbocycles. The SMILES string of the molecule is C=C(Nc1nc(-c2ccccc2C(F)(F)F)cc2ncccc12)c1ccccc1C.CCC.CCCC. The summed E-state index contributed by atoms with van der Waals surface area (Å²) in [5.41, 5.74) is 2.52. The first kappa shape index (κ1) is 29.6. The molecule has 6 heteroatoms. The Morgan fingerprint density at radius 3 is 2.14 bits per heavy atom. The van der Waals surface area contributed by atoms with Gasteiger partial charge < -0.3 is 5.32 Å². The van der Waals surface area contributed by atoms with Gasteiger partial charge >= 0.3 is 6.18 Å². The van der Waals surface area contributed by atoms with Gasteiger partial charge in [0.25, 0.3) is 0 Å². The quantitative estimate of drug-likeness (QED) is 0.292. The Labute approximate surface area is 218 Å². The summed E-state index contributed by atoms with van der Waals surface area (Å²) in [6.07, 6.45) is 0.997. The lowest BCUT2D eigenvalue weighted by Crippen LogP contribution is -2.08. The first-order chi connectivity index (χ1) is 17.7. The van der Waals surface area contributed by atoms with Crippen LogP contribution in [0.1, 0.15) is 63.6 Å². The summed E-state index contributed by atoms with van der Waals surface area (Å²) in [5, 5.41) is 3.88. The molecule has 4 aromatic rings. The number of halogens is 3. The predicted octanol–water partition coefficient (Wildman–Crippen LogP) is 9.93. The van der Waals surface area contributed by atoms with Crippen LogP contribution in [-0.2, 0) is 6.18 Å². The Balaban J connectivity index is 0.000000616. The molecule has 3 nitrogen and oxygen atoms in total. The Morgan fingerprint density at radius 1 is 0.892 bits per heavy atom. The molecule has 0 aliphatic rings. The van der Waals surface area contributed by atoms with Crippen molar-refractivity contribution in [3.63, 3.8) is 0 Å². The van der Waals surface area contributed by atoms with Crippen LogP contribution in [0.4, 0.5) is 19.0 Å². The number of fused-ring (bicyclic) bond motifs is 1. The summed E-state index contributed by atoms with van der Waals surface area (Å²) < 4.78 is 40.7. The number of hydrogen-bond donors (Lipinski definition) is 1. The zero-order valence-corrected chi connectivity index (χ0v) is 22.3. The molecule has 0 saturated carbocycles. The molecule has 0 aliphatic heterocycles. The molecule has 0 spiro atoms. The van der Waals surface area contributed by atoms with Gasteiger partial charge in [-0.3, -0.25) is 4.98 Å². The van der Waals surface area contributed by atoms with Crippen LogP contribution < -0.4 is 5.32 Å². The van der Waals surface area contributed by atoms with Gasteiger partial charge in [0, 0.05) is 28.4 Å². The standard InChI is InChI=1S/C24H18F3N3.C4H10.C3H8/c1-15-8-3-4-9-17(15)16(2)29-23-19-11-7-13-28-21(19)14-22(30-23)18-10-5-6-12-20(18)24(25,26)27;1-3-4-2;1-3-2/h3-14H,2H2,1H3,(H,29,30);3-4H2,1-2H3;3H2,1-2H3. The minimum atomic E-state index is -4.49. The van der Waals surface area contributed by atoms with Gasteiger partial charge in [-0.1, -0.05) is 96.0 Å². The van der Waals surface area contributed by atoms with Crippen LogP contribution in [0, 0.1) is 6.92 Å². The molecule has 0 amide bonds. The second-order valence-corrected chi connectivity index (χ2v) is 8.60. The lowest BCUT2D eigenvalue weighted by Gasteiger charge is -2.16. The highest BCUT2D eigenvalue weighted by Crippen LogP contribution is 2.38. The average Bonchev–Trinajstić information content (AvgIpc) is 2.89. The summed E-state index contributed by atoms with van der Waals surface area (Å²) in [6, 6.07) is 18.3. The number of pyridine rings is 2. The van der Waals surface area contributed by atoms with Crippen LogP contribution in [0.5, 0.6) is 0 Å². The summed E-state index contributed by atoms with van der Waals surface area (Å²) >= 11 is 0. The van der Waals surface area contributed by atoms with E-state index in [0.717, 1.165) is 17.2 Å². The Bertz CT molecular complexity index is 1290. The third-order valence-corrected chi connectivity index (χ3v) is 5.35. The Morgan fingerprint density at radius 2 is 1.51 bits per heavy atom. The van der Waals surface area contributed by atoms with Gasteiger partial charge in [0.05, 0.1) is 16.8 Å². The van der Waals surface area contributed by atoms with Gasteiger partial charge in [-0.25, -0.2) is 4.98 Å². The number of aryl methyl sites for hydroxylation is 1. The molecule has 0 radical (unpaired) electrons. The minimum Gasteiger partial charge on any atom is -0.340 e. The number of rotatable bonds is 5. The topological polar surface area (TPSA) is 37.8 Å². The highest BCUT2D eigenvalue weighted by molar-refractivity contribution is 5.95. The number of unbranched alkanes of at least 4 members (excludes halogenated alkanes) is 1. The van der Waals surface area contributed by atoms with Crippen molar-refractivity contribution in [1.82, 2.24) is 9.97 Å². The maximum Gasteiger partial charge on any atom is 0.417 e. The van der Waals surface area contributed by atoms with Crippen LogP contribution >= 0.6 is 0 Å². The molecule has 2 aromatic carbocycles. The van der Waals surface area contributed by atoms with Gasteiger partial charge in [0.15, 0.2) is 0 Å². The smallest absolute Gasteiger partial charge is 0.340 e. The first-order valence-corrected chi connectivity index (χ1v) is 12.6. The average molecular weight is 508 g/mol. The van der Waals surface area contributed by atoms with Crippen molar-refractivity contribution in [2.75, 3.05) is 5.32 Å². The predicted molar refractivity (Wildman–Crippen MR) is 150 cm³/mol. The maximum absolute atomic E-state index is 13.6. The van der Waals surface area contributed by atoms with E-state index in [9.17, 15) is 13.2 Å². The monoisotopic (exact) mass is 507 g/mol. The second kappa shape index (κ2) is 14.2. The molecule has 1 N–H and O–H groups in total. The lowest BCUT2D eigenvalue weighted by atomic mass is 10.0. The molecule has 0 fully saturated rings. The molecular formula is C31H36F3N3. The Hall–Kier alpha value is -3.67. The number of nitrogens with zero attached hydrogens (tertiary/aromatic N) is 2. The summed E-state index contributed by atoms with van der Waals surface area (Å²) in [5.74, 6) is 0.404. The fourth-order valence-corrected chi connectivity index (χ4v) is 3.38. The zero-order chi connectivity index (χ0) is 27.4. The largest absolute Gasteiger partial charge is 0.417 e. The summed E-state index contributed by atoms with van der Waals surface area (Å²) in [7, 11) is 0. The first-order valence-electron chi connectivity index (χ1n) is 12.6. The molecule has 0 atom stereocenters. The number of hydrogen-bond acceptors (Lipinski definition) is 3. The fraction of sp³-hybridized carbons (Fsp3) is 0.290. The molecule has 196 valence electrons. The molecule has 37 heavy (non-hydrogen) atoms. The number of nitrogens with one attached hydrogen (secondary N) is 1. The van der Waals surface area contributed by atoms with Gasteiger partial charge in [-0.15, -0.1) is 0 Å². The van der Waals surface area contributed by atoms with Crippen molar-refractivity contribution in [3.05, 3.63) is 96.2 Å². The van der Waals surface area contributed by atoms with E-state index < -0.39 is 11.7 Å². The van der Waals surface area contributed by atoms with Crippen LogP contribution in [0.25, 0.3) is 27.9 Å². The van der Waals surface area contributed by atoms with Gasteiger partial charge in [-0.05, 0) is 36.8 Å². The van der Waals surface area contributed by atoms with E-state index in [1.807, 2.05) is 37.3 Å². The normalized spacial score (nSPS) is 10.6. The number of aromatic nitrogens is 2. The molecule has 2 heterocycles. The lowest BCUT2D eigenvalue weighted by molar-refractivity contribution is -0.137. The van der Waals surface area contributed by atoms with E-state index >= 15 is 0 Å². The number of anilines is 1. The fourth-order valence-electron chi connectivity index (χ4n) is 3.38. The molecule has 0 saturated heterocycles. The molecule has 0 bridgehead atoms. The van der Waals surface area contributed by atoms with Crippen molar-refractivity contribution in [3.8, 4) is 11.3 Å². The van der Waals surface area contributed by atoms with Gasteiger partial charge in [-0.2, -0.15) is 13.2 Å². The molecular weight excluding hydrogens is 471 g/mol. The molecule has 2 aromatic heterocycles. The van der Waals surface area contributed by atoms with E-state index in [4.69, 9.17) is 0 Å². The highest BCUT2D eigenvalue weighted by atomic mass is 19.4. The van der Waals surface area contributed by atoms with Crippen molar-refractivity contribution in [2.45, 2.75) is 60.1 Å². The van der Waals surface area contributed by atoms with Crippen molar-refractivity contribution < 1.29 is 13.2 Å². The van der Waals surface area contributed by atoms with E-state index in [1.54, 1.807) is 24.4 Å². The van der Waals surface area contributed by atoms with Crippen LogP contribution in [-0.4, -0.2) is 9.97 Å². The Kier molecular flexibility index (Phi) is 11.3. The third-order valence-electron chi connectivity index (χ3n) is 5.35. The van der Waals surface area contributed by atoms with Crippen LogP contribution in [0.15, 0.2) is 79.5 Å². The zero-order valence-electron chi connectivity index (χ0n) is 22.3. The van der Waals surface area contributed by atoms with Crippen LogP contribution in [0.3, 0.4) is 0 Å². The van der Waals surface area contributed by atoms with Gasteiger partial charge in [0.1, 0.15) is 5.82 Å². The highest BCUT2D eigenvalue weighted by Gasteiger charge is 2.33. The van der Waals surface area contributed by atoms with E-state index in [-0.39, 0.29) is 11.3 Å². The number of benzene rings is 2. The summed E-state index contributed by atoms with van der Waals surface area (Å²) in [4.78, 5) is 8.86. The summed E-state index contributed by atoms with van der Waals surface area (Å²) in [6.45, 7) is 14.7. The molecule has 4 rings (SSSR count). The van der Waals surface area contributed by atoms with E-state index in [2.05, 4.69) is 49.6 Å². The van der Waals surface area contributed by atoms with Gasteiger partial charge in [0.2, 0.25) is 0 Å². The maximum atomic E-state index is 13.6. The van der Waals surface area contributed by atoms with Crippen molar-refractivity contribution >= 4 is 22.4 Å². The minimum absolute atomic E-state index is 0.00195. The van der Waals surface area contributed by atoms with E-state index in [1.165, 1.54) is 31.4 Å².